The molecule has 5 aliphatic rings. The Hall–Kier alpha value is -1.06. The summed E-state index contributed by atoms with van der Waals surface area (Å²) in [6.45, 7) is 0.669. The van der Waals surface area contributed by atoms with E-state index in [-0.39, 0.29) is 5.91 Å². The number of rotatable bonds is 2. The molecule has 0 radical (unpaired) electrons. The van der Waals surface area contributed by atoms with Crippen molar-refractivity contribution >= 4 is 11.9 Å². The Morgan fingerprint density at radius 1 is 1.05 bits per heavy atom. The average Bonchev–Trinajstić information content (AvgIpc) is 2.70. The highest BCUT2D eigenvalue weighted by atomic mass is 16.4. The smallest absolute Gasteiger partial charge is 0.316 e. The summed E-state index contributed by atoms with van der Waals surface area (Å²) >= 11 is 0. The van der Waals surface area contributed by atoms with Crippen LogP contribution >= 0.6 is 0 Å². The monoisotopic (exact) mass is 263 g/mol. The summed E-state index contributed by atoms with van der Waals surface area (Å²) in [7, 11) is 0. The molecule has 19 heavy (non-hydrogen) atoms. The quantitative estimate of drug-likeness (QED) is 0.772. The van der Waals surface area contributed by atoms with E-state index in [9.17, 15) is 9.59 Å². The van der Waals surface area contributed by atoms with E-state index in [1.54, 1.807) is 0 Å². The van der Waals surface area contributed by atoms with Gasteiger partial charge in [-0.05, 0) is 62.2 Å². The van der Waals surface area contributed by atoms with Crippen LogP contribution in [0.4, 0.5) is 0 Å². The Bertz CT molecular complexity index is 405. The number of amides is 1. The molecule has 0 aromatic rings. The van der Waals surface area contributed by atoms with Crippen LogP contribution in [0.25, 0.3) is 0 Å². The molecule has 0 spiro atoms. The van der Waals surface area contributed by atoms with Crippen molar-refractivity contribution in [2.45, 2.75) is 44.6 Å². The molecule has 1 N–H and O–H groups in total. The molecule has 1 aliphatic heterocycles. The number of hydrogen-bond acceptors (Lipinski definition) is 2. The van der Waals surface area contributed by atoms with Gasteiger partial charge in [0, 0.05) is 12.6 Å². The third-order valence-electron chi connectivity index (χ3n) is 6.07. The third-order valence-corrected chi connectivity index (χ3v) is 6.07. The van der Waals surface area contributed by atoms with Gasteiger partial charge in [-0.2, -0.15) is 0 Å². The van der Waals surface area contributed by atoms with Crippen molar-refractivity contribution in [3.05, 3.63) is 0 Å². The second-order valence-electron chi connectivity index (χ2n) is 7.13. The minimum absolute atomic E-state index is 0.107. The lowest BCUT2D eigenvalue weighted by Gasteiger charge is -2.56. The molecule has 5 fully saturated rings. The molecule has 4 nitrogen and oxygen atoms in total. The molecule has 1 atom stereocenters. The van der Waals surface area contributed by atoms with E-state index in [0.717, 1.165) is 11.8 Å². The van der Waals surface area contributed by atoms with Gasteiger partial charge < -0.3 is 10.0 Å². The fourth-order valence-electron chi connectivity index (χ4n) is 5.63. The number of carboxylic acid groups (broad SMARTS) is 1. The van der Waals surface area contributed by atoms with Gasteiger partial charge in [0.2, 0.25) is 5.91 Å². The lowest BCUT2D eigenvalue weighted by atomic mass is 9.54. The largest absolute Gasteiger partial charge is 0.481 e. The van der Waals surface area contributed by atoms with Gasteiger partial charge in [-0.25, -0.2) is 0 Å². The summed E-state index contributed by atoms with van der Waals surface area (Å²) in [4.78, 5) is 25.4. The van der Waals surface area contributed by atoms with Crippen molar-refractivity contribution in [2.24, 2.45) is 29.6 Å². The van der Waals surface area contributed by atoms with E-state index in [1.165, 1.54) is 32.1 Å². The lowest BCUT2D eigenvalue weighted by Crippen LogP contribution is -2.56. The van der Waals surface area contributed by atoms with Crippen LogP contribution in [0.15, 0.2) is 0 Å². The first-order valence-electron chi connectivity index (χ1n) is 7.66. The highest BCUT2D eigenvalue weighted by molar-refractivity contribution is 5.98. The van der Waals surface area contributed by atoms with Gasteiger partial charge in [0.25, 0.3) is 0 Å². The first kappa shape index (κ1) is 11.7. The average molecular weight is 263 g/mol. The van der Waals surface area contributed by atoms with Crippen molar-refractivity contribution < 1.29 is 14.7 Å². The first-order chi connectivity index (χ1) is 9.13. The minimum atomic E-state index is -0.934. The van der Waals surface area contributed by atoms with Crippen molar-refractivity contribution in [1.82, 2.24) is 4.90 Å². The zero-order valence-corrected chi connectivity index (χ0v) is 11.1. The Morgan fingerprint density at radius 3 is 2.11 bits per heavy atom. The summed E-state index contributed by atoms with van der Waals surface area (Å²) < 4.78 is 0. The summed E-state index contributed by atoms with van der Waals surface area (Å²) in [5, 5.41) is 9.10. The van der Waals surface area contributed by atoms with Crippen molar-refractivity contribution in [3.63, 3.8) is 0 Å². The van der Waals surface area contributed by atoms with E-state index in [4.69, 9.17) is 5.11 Å². The number of carbonyl (C=O) groups is 2. The first-order valence-corrected chi connectivity index (χ1v) is 7.66. The number of likely N-dealkylation sites (tertiary alicyclic amines) is 1. The molecule has 1 heterocycles. The van der Waals surface area contributed by atoms with Crippen LogP contribution in [-0.4, -0.2) is 34.5 Å². The number of nitrogens with zero attached hydrogens (tertiary/aromatic N) is 1. The topological polar surface area (TPSA) is 57.6 Å². The fourth-order valence-corrected chi connectivity index (χ4v) is 5.63. The standard InChI is InChI=1S/C15H21NO3/c17-14-12(15(18)19)1-2-16(14)13-10-4-8-3-9(6-10)7-11(13)5-8/h8-13H,1-7H2,(H,18,19). The minimum Gasteiger partial charge on any atom is -0.481 e. The highest BCUT2D eigenvalue weighted by Crippen LogP contribution is 2.55. The Morgan fingerprint density at radius 2 is 1.63 bits per heavy atom. The molecule has 4 bridgehead atoms. The van der Waals surface area contributed by atoms with Gasteiger partial charge in [0.1, 0.15) is 5.92 Å². The number of aliphatic carboxylic acids is 1. The molecule has 1 amide bonds. The molecule has 0 aromatic heterocycles. The molecule has 0 aromatic carbocycles. The van der Waals surface area contributed by atoms with Crippen LogP contribution in [0, 0.1) is 29.6 Å². The predicted molar refractivity (Wildman–Crippen MR) is 68.3 cm³/mol. The molecule has 1 unspecified atom stereocenters. The summed E-state index contributed by atoms with van der Waals surface area (Å²) in [6.07, 6.45) is 7.03. The van der Waals surface area contributed by atoms with Crippen molar-refractivity contribution in [1.29, 1.82) is 0 Å². The van der Waals surface area contributed by atoms with E-state index in [2.05, 4.69) is 0 Å². The Kier molecular flexibility index (Phi) is 2.45. The zero-order chi connectivity index (χ0) is 13.1. The van der Waals surface area contributed by atoms with Gasteiger partial charge in [0.05, 0.1) is 0 Å². The molecule has 4 saturated carbocycles. The van der Waals surface area contributed by atoms with Crippen molar-refractivity contribution in [2.75, 3.05) is 6.54 Å². The van der Waals surface area contributed by atoms with E-state index in [1.807, 2.05) is 4.90 Å². The maximum absolute atomic E-state index is 12.3. The third kappa shape index (κ3) is 1.65. The predicted octanol–water partition coefficient (Wildman–Crippen LogP) is 1.74. The van der Waals surface area contributed by atoms with E-state index < -0.39 is 11.9 Å². The Labute approximate surface area is 113 Å². The number of carbonyl (C=O) groups excluding carboxylic acids is 1. The molecule has 1 saturated heterocycles. The molecule has 4 heteroatoms. The highest BCUT2D eigenvalue weighted by Gasteiger charge is 2.53. The van der Waals surface area contributed by atoms with Crippen LogP contribution in [0.2, 0.25) is 0 Å². The lowest BCUT2D eigenvalue weighted by molar-refractivity contribution is -0.151. The molecular weight excluding hydrogens is 242 g/mol. The van der Waals surface area contributed by atoms with Crippen LogP contribution in [0.5, 0.6) is 0 Å². The summed E-state index contributed by atoms with van der Waals surface area (Å²) in [5.74, 6) is 1.30. The van der Waals surface area contributed by atoms with E-state index >= 15 is 0 Å². The Balaban J connectivity index is 1.57. The molecule has 5 rings (SSSR count). The van der Waals surface area contributed by atoms with Crippen molar-refractivity contribution in [3.8, 4) is 0 Å². The maximum atomic E-state index is 12.3. The normalized spacial score (nSPS) is 48.0. The van der Waals surface area contributed by atoms with Gasteiger partial charge in [-0.1, -0.05) is 0 Å². The number of hydrogen-bond donors (Lipinski definition) is 1. The second-order valence-corrected chi connectivity index (χ2v) is 7.13. The van der Waals surface area contributed by atoms with E-state index in [0.29, 0.717) is 30.8 Å². The van der Waals surface area contributed by atoms with Crippen LogP contribution in [0.3, 0.4) is 0 Å². The zero-order valence-electron chi connectivity index (χ0n) is 11.1. The summed E-state index contributed by atoms with van der Waals surface area (Å²) in [5.41, 5.74) is 0. The fraction of sp³-hybridized carbons (Fsp3) is 0.867. The van der Waals surface area contributed by atoms with Gasteiger partial charge >= 0.3 is 5.97 Å². The number of carboxylic acids is 1. The van der Waals surface area contributed by atoms with Gasteiger partial charge in [-0.15, -0.1) is 0 Å². The van der Waals surface area contributed by atoms with Crippen LogP contribution < -0.4 is 0 Å². The molecule has 4 aliphatic carbocycles. The second kappa shape index (κ2) is 3.97. The van der Waals surface area contributed by atoms with Crippen LogP contribution in [0.1, 0.15) is 38.5 Å². The van der Waals surface area contributed by atoms with Gasteiger partial charge in [0.15, 0.2) is 0 Å². The molecular formula is C15H21NO3. The SMILES string of the molecule is O=C(O)C1CCN(C2C3CC4CC(C3)CC2C4)C1=O. The summed E-state index contributed by atoms with van der Waals surface area (Å²) in [6, 6.07) is 0.365. The molecule has 104 valence electrons. The van der Waals surface area contributed by atoms with Gasteiger partial charge in [-0.3, -0.25) is 9.59 Å². The maximum Gasteiger partial charge on any atom is 0.316 e. The van der Waals surface area contributed by atoms with Crippen LogP contribution in [-0.2, 0) is 9.59 Å².